The lowest BCUT2D eigenvalue weighted by Gasteiger charge is -2.21. The van der Waals surface area contributed by atoms with Crippen LogP contribution >= 0.6 is 11.3 Å². The number of rotatable bonds is 3. The van der Waals surface area contributed by atoms with Crippen LogP contribution in [0.25, 0.3) is 0 Å². The summed E-state index contributed by atoms with van der Waals surface area (Å²) in [6, 6.07) is 1.20. The van der Waals surface area contributed by atoms with E-state index in [0.717, 1.165) is 15.8 Å². The summed E-state index contributed by atoms with van der Waals surface area (Å²) in [5.41, 5.74) is 0.168. The third-order valence-corrected chi connectivity index (χ3v) is 6.23. The number of nitrogens with zero attached hydrogens (tertiary/aromatic N) is 1. The molecule has 1 fully saturated rings. The second-order valence-corrected chi connectivity index (χ2v) is 8.70. The van der Waals surface area contributed by atoms with Crippen molar-refractivity contribution < 1.29 is 23.2 Å². The van der Waals surface area contributed by atoms with Gasteiger partial charge in [-0.3, -0.25) is 4.84 Å². The number of hydrogen-bond acceptors (Lipinski definition) is 5. The van der Waals surface area contributed by atoms with Crippen LogP contribution in [0.4, 0.5) is 0 Å². The average molecular weight is 331 g/mol. The van der Waals surface area contributed by atoms with Crippen molar-refractivity contribution in [2.75, 3.05) is 13.2 Å². The molecule has 6 nitrogen and oxygen atoms in total. The molecule has 0 radical (unpaired) electrons. The zero-order valence-electron chi connectivity index (χ0n) is 12.0. The van der Waals surface area contributed by atoms with E-state index in [4.69, 9.17) is 9.94 Å². The Morgan fingerprint density at radius 1 is 1.48 bits per heavy atom. The van der Waals surface area contributed by atoms with Crippen LogP contribution in [0, 0.1) is 0 Å². The second kappa shape index (κ2) is 5.20. The van der Waals surface area contributed by atoms with E-state index in [9.17, 15) is 13.2 Å². The lowest BCUT2D eigenvalue weighted by molar-refractivity contribution is -0.0276. The first-order valence-electron chi connectivity index (χ1n) is 6.23. The summed E-state index contributed by atoms with van der Waals surface area (Å²) in [5, 5.41) is 9.12. The highest BCUT2D eigenvalue weighted by Crippen LogP contribution is 2.38. The Balaban J connectivity index is 2.56. The monoisotopic (exact) mass is 331 g/mol. The molecule has 1 aliphatic heterocycles. The Bertz CT molecular complexity index is 697. The number of carboxylic acids is 1. The standard InChI is InChI=1S/C13H17NO5S2/c1-8-6-14(19-7-8)21(17,18)10-5-9(12(15)16)20-11(10)13(2,3)4/h5H,1,6-7H2,2-4H3,(H,15,16). The number of aromatic carboxylic acids is 1. The minimum atomic E-state index is -3.90. The lowest BCUT2D eigenvalue weighted by Crippen LogP contribution is -2.28. The lowest BCUT2D eigenvalue weighted by atomic mass is 9.95. The zero-order valence-corrected chi connectivity index (χ0v) is 13.7. The molecule has 8 heteroatoms. The van der Waals surface area contributed by atoms with Gasteiger partial charge in [-0.25, -0.2) is 13.2 Å². The van der Waals surface area contributed by atoms with E-state index in [2.05, 4.69) is 6.58 Å². The Labute approximate surface area is 127 Å². The molecule has 21 heavy (non-hydrogen) atoms. The van der Waals surface area contributed by atoms with E-state index in [1.54, 1.807) is 0 Å². The summed E-state index contributed by atoms with van der Waals surface area (Å²) in [4.78, 5) is 16.8. The molecule has 1 aliphatic rings. The van der Waals surface area contributed by atoms with Gasteiger partial charge in [-0.2, -0.15) is 0 Å². The van der Waals surface area contributed by atoms with Crippen molar-refractivity contribution in [3.05, 3.63) is 28.0 Å². The molecule has 2 rings (SSSR count). The maximum absolute atomic E-state index is 12.7. The summed E-state index contributed by atoms with van der Waals surface area (Å²) in [7, 11) is -3.90. The van der Waals surface area contributed by atoms with Gasteiger partial charge in [0, 0.05) is 4.88 Å². The Morgan fingerprint density at radius 3 is 2.52 bits per heavy atom. The average Bonchev–Trinajstić information content (AvgIpc) is 2.93. The molecule has 2 heterocycles. The van der Waals surface area contributed by atoms with Crippen LogP contribution in [0.3, 0.4) is 0 Å². The number of hydroxylamine groups is 1. The SMILES string of the molecule is C=C1CON(S(=O)(=O)c2cc(C(=O)O)sc2C(C)(C)C)C1. The Morgan fingerprint density at radius 2 is 2.10 bits per heavy atom. The van der Waals surface area contributed by atoms with E-state index in [1.807, 2.05) is 20.8 Å². The molecule has 1 N–H and O–H groups in total. The van der Waals surface area contributed by atoms with Crippen molar-refractivity contribution in [3.8, 4) is 0 Å². The molecule has 0 saturated carbocycles. The maximum Gasteiger partial charge on any atom is 0.345 e. The van der Waals surface area contributed by atoms with E-state index >= 15 is 0 Å². The third kappa shape index (κ3) is 3.03. The van der Waals surface area contributed by atoms with Crippen molar-refractivity contribution >= 4 is 27.3 Å². The van der Waals surface area contributed by atoms with E-state index in [-0.39, 0.29) is 22.9 Å². The number of carboxylic acid groups (broad SMARTS) is 1. The van der Waals surface area contributed by atoms with Crippen LogP contribution in [-0.2, 0) is 20.3 Å². The minimum absolute atomic E-state index is 0.00322. The van der Waals surface area contributed by atoms with E-state index in [1.165, 1.54) is 6.07 Å². The molecule has 0 spiro atoms. The predicted octanol–water partition coefficient (Wildman–Crippen LogP) is 2.24. The number of hydrogen-bond donors (Lipinski definition) is 1. The van der Waals surface area contributed by atoms with Gasteiger partial charge >= 0.3 is 5.97 Å². The van der Waals surface area contributed by atoms with E-state index < -0.39 is 21.4 Å². The Kier molecular flexibility index (Phi) is 4.00. The van der Waals surface area contributed by atoms with Crippen LogP contribution < -0.4 is 0 Å². The number of sulfonamides is 1. The molecule has 0 atom stereocenters. The van der Waals surface area contributed by atoms with Gasteiger partial charge < -0.3 is 5.11 Å². The van der Waals surface area contributed by atoms with Crippen LogP contribution in [0.2, 0.25) is 0 Å². The fourth-order valence-corrected chi connectivity index (χ4v) is 4.93. The summed E-state index contributed by atoms with van der Waals surface area (Å²) >= 11 is 0.978. The molecule has 0 unspecified atom stereocenters. The quantitative estimate of drug-likeness (QED) is 0.859. The van der Waals surface area contributed by atoms with Crippen molar-refractivity contribution in [2.45, 2.75) is 31.1 Å². The van der Waals surface area contributed by atoms with Crippen molar-refractivity contribution in [1.82, 2.24) is 4.47 Å². The maximum atomic E-state index is 12.7. The fourth-order valence-electron chi connectivity index (χ4n) is 1.90. The van der Waals surface area contributed by atoms with E-state index in [0.29, 0.717) is 10.5 Å². The van der Waals surface area contributed by atoms with Gasteiger partial charge in [0.15, 0.2) is 0 Å². The summed E-state index contributed by atoms with van der Waals surface area (Å²) < 4.78 is 26.2. The highest BCUT2D eigenvalue weighted by Gasteiger charge is 2.37. The normalized spacial score (nSPS) is 17.4. The first-order chi connectivity index (χ1) is 9.53. The van der Waals surface area contributed by atoms with Crippen LogP contribution in [0.15, 0.2) is 23.1 Å². The van der Waals surface area contributed by atoms with Gasteiger partial charge in [-0.05, 0) is 17.1 Å². The third-order valence-electron chi connectivity index (χ3n) is 2.90. The van der Waals surface area contributed by atoms with Crippen LogP contribution in [-0.4, -0.2) is 37.1 Å². The summed E-state index contributed by atoms with van der Waals surface area (Å²) in [6.07, 6.45) is 0. The first kappa shape index (κ1) is 16.2. The second-order valence-electron chi connectivity index (χ2n) is 5.85. The molecule has 1 aromatic rings. The molecule has 0 aromatic carbocycles. The summed E-state index contributed by atoms with van der Waals surface area (Å²) in [6.45, 7) is 9.46. The molecule has 0 amide bonds. The minimum Gasteiger partial charge on any atom is -0.477 e. The van der Waals surface area contributed by atoms with Crippen molar-refractivity contribution in [2.24, 2.45) is 0 Å². The molecule has 0 aliphatic carbocycles. The molecule has 116 valence electrons. The van der Waals surface area contributed by atoms with Gasteiger partial charge in [0.2, 0.25) is 0 Å². The van der Waals surface area contributed by atoms with Gasteiger partial charge in [0.05, 0.1) is 18.0 Å². The highest BCUT2D eigenvalue weighted by molar-refractivity contribution is 7.89. The molecule has 0 bridgehead atoms. The number of carbonyl (C=O) groups is 1. The van der Waals surface area contributed by atoms with Crippen molar-refractivity contribution in [3.63, 3.8) is 0 Å². The van der Waals surface area contributed by atoms with Crippen molar-refractivity contribution in [1.29, 1.82) is 0 Å². The largest absolute Gasteiger partial charge is 0.477 e. The molecular formula is C13H17NO5S2. The molecular weight excluding hydrogens is 314 g/mol. The number of thiophene rings is 1. The molecule has 1 saturated heterocycles. The van der Waals surface area contributed by atoms with Gasteiger partial charge in [-0.1, -0.05) is 31.8 Å². The summed E-state index contributed by atoms with van der Waals surface area (Å²) in [5.74, 6) is -1.14. The zero-order chi connectivity index (χ0) is 16.0. The predicted molar refractivity (Wildman–Crippen MR) is 79.0 cm³/mol. The van der Waals surface area contributed by atoms with Crippen LogP contribution in [0.1, 0.15) is 35.3 Å². The van der Waals surface area contributed by atoms with Gasteiger partial charge in [0.1, 0.15) is 4.88 Å². The highest BCUT2D eigenvalue weighted by atomic mass is 32.2. The topological polar surface area (TPSA) is 83.9 Å². The van der Waals surface area contributed by atoms with Gasteiger partial charge in [-0.15, -0.1) is 11.3 Å². The first-order valence-corrected chi connectivity index (χ1v) is 8.49. The smallest absolute Gasteiger partial charge is 0.345 e. The fraction of sp³-hybridized carbons (Fsp3) is 0.462. The van der Waals surface area contributed by atoms with Gasteiger partial charge in [0.25, 0.3) is 10.0 Å². The molecule has 1 aromatic heterocycles. The van der Waals surface area contributed by atoms with Crippen LogP contribution in [0.5, 0.6) is 0 Å². The Hall–Kier alpha value is -1.22.